The van der Waals surface area contributed by atoms with Crippen LogP contribution in [0.5, 0.6) is 0 Å². The number of likely N-dealkylation sites (tertiary alicyclic amines) is 2. The number of piperazine rings is 3. The van der Waals surface area contributed by atoms with Crippen molar-refractivity contribution in [2.75, 3.05) is 137 Å². The van der Waals surface area contributed by atoms with E-state index >= 15 is 0 Å². The second-order valence-corrected chi connectivity index (χ2v) is 36.2. The molecule has 0 unspecified atom stereocenters. The lowest BCUT2D eigenvalue weighted by Crippen LogP contribution is -2.48. The Morgan fingerprint density at radius 1 is 0.200 bits per heavy atom. The van der Waals surface area contributed by atoms with E-state index in [1.54, 1.807) is 60.7 Å². The molecule has 33 heteroatoms. The summed E-state index contributed by atoms with van der Waals surface area (Å²) < 4.78 is 130. The van der Waals surface area contributed by atoms with Crippen molar-refractivity contribution < 1.29 is 91.6 Å². The van der Waals surface area contributed by atoms with Gasteiger partial charge in [-0.05, 0) is 173 Å². The Labute approximate surface area is 893 Å². The number of hydrogen-bond acceptors (Lipinski definition) is 20. The zero-order valence-electron chi connectivity index (χ0n) is 100. The number of rotatable bonds is 25. The lowest BCUT2D eigenvalue weighted by Gasteiger charge is -2.33. The fraction of sp³-hybridized carbons (Fsp3) is 0.688. The smallest absolute Gasteiger partial charge is 0.307 e. The van der Waals surface area contributed by atoms with Gasteiger partial charge in [0.25, 0.3) is 0 Å². The highest BCUT2D eigenvalue weighted by molar-refractivity contribution is 7.92. The molecule has 0 bridgehead atoms. The van der Waals surface area contributed by atoms with Crippen LogP contribution in [0.15, 0.2) is 146 Å². The Morgan fingerprint density at radius 3 is 0.434 bits per heavy atom. The maximum Gasteiger partial charge on any atom is 0.307 e. The summed E-state index contributed by atoms with van der Waals surface area (Å²) in [6.07, 6.45) is 2.16. The molecule has 0 spiro atoms. The van der Waals surface area contributed by atoms with E-state index in [0.29, 0.717) is 103 Å². The number of hydrogen-bond donors (Lipinski definition) is 5. The summed E-state index contributed by atoms with van der Waals surface area (Å²) in [7, 11) is -17.1. The fourth-order valence-corrected chi connectivity index (χ4v) is 20.3. The second kappa shape index (κ2) is 116. The molecular weight excluding hydrogens is 1940 g/mol. The van der Waals surface area contributed by atoms with Gasteiger partial charge in [-0.15, -0.1) is 0 Å². The molecule has 5 aromatic rings. The monoisotopic (exact) mass is 2160 g/mol. The number of likely N-dealkylation sites (N-methyl/N-ethyl adjacent to an activating group) is 3. The Balaban J connectivity index is -0.000000103. The average Bonchev–Trinajstić information content (AvgIpc) is 0.824. The van der Waals surface area contributed by atoms with E-state index in [-0.39, 0.29) is 57.3 Å². The zero-order valence-corrected chi connectivity index (χ0v) is 104. The van der Waals surface area contributed by atoms with Crippen molar-refractivity contribution in [3.63, 3.8) is 0 Å². The van der Waals surface area contributed by atoms with E-state index in [0.717, 1.165) is 98.2 Å². The summed E-state index contributed by atoms with van der Waals surface area (Å²) in [6, 6.07) is 30.7. The van der Waals surface area contributed by atoms with Gasteiger partial charge in [-0.2, -0.15) is 12.9 Å². The largest absolute Gasteiger partial charge is 0.481 e. The number of benzene rings is 5. The van der Waals surface area contributed by atoms with Gasteiger partial charge in [0.05, 0.1) is 67.1 Å². The van der Waals surface area contributed by atoms with Gasteiger partial charge in [-0.25, -0.2) is 42.1 Å². The number of carboxylic acid groups (broad SMARTS) is 5. The van der Waals surface area contributed by atoms with E-state index in [4.69, 9.17) is 25.5 Å². The van der Waals surface area contributed by atoms with Gasteiger partial charge in [-0.3, -0.25) is 24.0 Å². The molecule has 5 aliphatic rings. The van der Waals surface area contributed by atoms with E-state index in [1.807, 2.05) is 277 Å². The van der Waals surface area contributed by atoms with Gasteiger partial charge in [0, 0.05) is 78.5 Å². The summed E-state index contributed by atoms with van der Waals surface area (Å²) in [5.74, 6) is -4.63. The van der Waals surface area contributed by atoms with E-state index in [2.05, 4.69) is 59.1 Å². The number of carbonyl (C=O) groups is 5. The Bertz CT molecular complexity index is 3600. The van der Waals surface area contributed by atoms with Crippen molar-refractivity contribution >= 4 is 79.6 Å². The molecule has 5 fully saturated rings. The van der Waals surface area contributed by atoms with Crippen LogP contribution in [0, 0.1) is 0 Å². The predicted molar refractivity (Wildman–Crippen MR) is 623 cm³/mol. The average molecular weight is 2160 g/mol. The van der Waals surface area contributed by atoms with Crippen LogP contribution in [0.2, 0.25) is 0 Å². The third-order valence-electron chi connectivity index (χ3n) is 19.1. The molecule has 0 aliphatic carbocycles. The highest BCUT2D eigenvalue weighted by Gasteiger charge is 2.35. The molecule has 0 amide bonds. The third-order valence-corrected chi connectivity index (χ3v) is 29.4. The van der Waals surface area contributed by atoms with Crippen LogP contribution >= 0.6 is 0 Å². The highest BCUT2D eigenvalue weighted by atomic mass is 32.2. The van der Waals surface area contributed by atoms with Crippen LogP contribution < -0.4 is 0 Å². The quantitative estimate of drug-likeness (QED) is 0.0362. The van der Waals surface area contributed by atoms with Crippen LogP contribution in [-0.4, -0.2) is 283 Å². The van der Waals surface area contributed by atoms with Gasteiger partial charge in [0.2, 0.25) is 30.1 Å². The zero-order chi connectivity index (χ0) is 117. The van der Waals surface area contributed by atoms with Gasteiger partial charge in [0.1, 0.15) is 0 Å². The Hall–Kier alpha value is -7.12. The van der Waals surface area contributed by atoms with Crippen LogP contribution in [0.25, 0.3) is 0 Å². The molecule has 5 saturated heterocycles. The van der Waals surface area contributed by atoms with Crippen molar-refractivity contribution in [2.24, 2.45) is 0 Å². The standard InChI is InChI=1S/2C15H21NO4S.3C14H20N2O4S.20C2H6/c2*1-2-16-9-7-14(8-10-16)21(19,20)13-5-3-12(4-6-13)11-15(17)18;3*1-2-15-7-9-16(10-8-15)21(19,20)13-5-3-12(4-6-13)11-14(17)18;20*1-2/h2*3-6,14H,2,7-11H2,1H3,(H,17,18);3*3-6H,2,7-11H2,1H3,(H,17,18);20*1-2H3. The minimum atomic E-state index is -3.48. The lowest BCUT2D eigenvalue weighted by atomic mass is 10.1. The van der Waals surface area contributed by atoms with Crippen molar-refractivity contribution in [3.05, 3.63) is 149 Å². The van der Waals surface area contributed by atoms with Crippen molar-refractivity contribution in [2.45, 2.75) is 404 Å². The fourth-order valence-electron chi connectivity index (χ4n) is 12.6. The molecule has 860 valence electrons. The second-order valence-electron chi connectivity index (χ2n) is 25.9. The topological polar surface area (TPSA) is 383 Å². The first-order valence-electron chi connectivity index (χ1n) is 55.3. The molecule has 28 nitrogen and oxygen atoms in total. The molecule has 5 heterocycles. The summed E-state index contributed by atoms with van der Waals surface area (Å²) >= 11 is 0. The van der Waals surface area contributed by atoms with Crippen molar-refractivity contribution in [1.29, 1.82) is 0 Å². The maximum atomic E-state index is 12.6. The first-order valence-corrected chi connectivity index (χ1v) is 62.7. The molecule has 0 radical (unpaired) electrons. The first kappa shape index (κ1) is 171. The minimum absolute atomic E-state index is 0.0881. The van der Waals surface area contributed by atoms with E-state index in [1.165, 1.54) is 73.6 Å². The van der Waals surface area contributed by atoms with Crippen LogP contribution in [0.4, 0.5) is 0 Å². The highest BCUT2D eigenvalue weighted by Crippen LogP contribution is 2.28. The number of sulfonamides is 3. The molecule has 5 aliphatic heterocycles. The molecule has 0 aromatic heterocycles. The first-order chi connectivity index (χ1) is 69.6. The summed E-state index contributed by atoms with van der Waals surface area (Å²) in [6.45, 7) is 106. The number of carboxylic acids is 5. The molecule has 0 saturated carbocycles. The molecule has 5 aromatic carbocycles. The van der Waals surface area contributed by atoms with Gasteiger partial charge in [0.15, 0.2) is 19.7 Å². The Kier molecular flexibility index (Phi) is 136. The predicted octanol–water partition coefficient (Wildman–Crippen LogP) is 25.6. The van der Waals surface area contributed by atoms with Gasteiger partial charge < -0.3 is 50.0 Å². The van der Waals surface area contributed by atoms with Crippen LogP contribution in [-0.2, 0) is 106 Å². The summed E-state index contributed by atoms with van der Waals surface area (Å²) in [5.41, 5.74) is 3.01. The van der Waals surface area contributed by atoms with Crippen molar-refractivity contribution in [3.8, 4) is 0 Å². The normalized spacial score (nSPS) is 13.7. The number of piperidine rings is 2. The lowest BCUT2D eigenvalue weighted by molar-refractivity contribution is -0.137. The molecular formula is C112H222N8O20S5. The molecule has 0 atom stereocenters. The molecule has 10 rings (SSSR count). The summed E-state index contributed by atoms with van der Waals surface area (Å²) in [4.78, 5) is 65.5. The van der Waals surface area contributed by atoms with Crippen LogP contribution in [0.1, 0.15) is 365 Å². The maximum absolute atomic E-state index is 12.6. The number of nitrogens with zero attached hydrogens (tertiary/aromatic N) is 8. The Morgan fingerprint density at radius 2 is 0.317 bits per heavy atom. The number of sulfone groups is 2. The third kappa shape index (κ3) is 74.5. The molecule has 145 heavy (non-hydrogen) atoms. The van der Waals surface area contributed by atoms with Gasteiger partial charge in [-0.1, -0.05) is 372 Å². The SMILES string of the molecule is CC.CC.CC.CC.CC.CC.CC.CC.CC.CC.CC.CC.CC.CC.CC.CC.CC.CC.CC.CC.CCN1CCC(S(=O)(=O)c2ccc(CC(=O)O)cc2)CC1.CCN1CCC(S(=O)(=O)c2ccc(CC(=O)O)cc2)CC1.CCN1CCN(S(=O)(=O)c2ccc(CC(=O)O)cc2)CC1.CCN1CCN(S(=O)(=O)c2ccc(CC(=O)O)cc2)CC1.CCN1CCN(S(=O)(=O)c2ccc(CC(=O)O)cc2)CC1. The minimum Gasteiger partial charge on any atom is -0.481 e. The summed E-state index contributed by atoms with van der Waals surface area (Å²) in [5, 5.41) is 42.9. The van der Waals surface area contributed by atoms with Crippen LogP contribution in [0.3, 0.4) is 0 Å². The van der Waals surface area contributed by atoms with E-state index in [9.17, 15) is 66.1 Å². The van der Waals surface area contributed by atoms with Gasteiger partial charge >= 0.3 is 29.8 Å². The van der Waals surface area contributed by atoms with Crippen molar-refractivity contribution in [1.82, 2.24) is 37.4 Å². The number of aliphatic carboxylic acids is 5. The molecule has 5 N–H and O–H groups in total. The van der Waals surface area contributed by atoms with E-state index < -0.39 is 79.6 Å².